The van der Waals surface area contributed by atoms with E-state index in [4.69, 9.17) is 16.0 Å². The number of para-hydroxylation sites is 1. The van der Waals surface area contributed by atoms with Gasteiger partial charge in [-0.25, -0.2) is 0 Å². The summed E-state index contributed by atoms with van der Waals surface area (Å²) < 4.78 is 5.89. The largest absolute Gasteiger partial charge is 0.504 e. The number of hydrogen-bond donors (Lipinski definition) is 1. The maximum absolute atomic E-state index is 10.0. The Balaban J connectivity index is 1.99. The molecule has 1 aromatic heterocycles. The standard InChI is InChI=1S/C20H11ClO2/c21-13-6-7-14-11(8-13)4-5-12-9-17-15-2-1-3-18(22)20(15)23-19(17)10-16(12)14/h1-10,22H. The van der Waals surface area contributed by atoms with E-state index in [0.717, 1.165) is 42.9 Å². The number of hydrogen-bond acceptors (Lipinski definition) is 2. The van der Waals surface area contributed by atoms with Crippen LogP contribution in [0.5, 0.6) is 5.75 Å². The van der Waals surface area contributed by atoms with Crippen LogP contribution < -0.4 is 0 Å². The van der Waals surface area contributed by atoms with Gasteiger partial charge in [-0.1, -0.05) is 41.9 Å². The van der Waals surface area contributed by atoms with Gasteiger partial charge in [-0.3, -0.25) is 0 Å². The zero-order chi connectivity index (χ0) is 15.6. The van der Waals surface area contributed by atoms with Crippen molar-refractivity contribution in [3.63, 3.8) is 0 Å². The third kappa shape index (κ3) is 1.76. The number of fused-ring (bicyclic) bond motifs is 6. The molecule has 4 aromatic carbocycles. The normalized spacial score (nSPS) is 11.9. The van der Waals surface area contributed by atoms with E-state index < -0.39 is 0 Å². The lowest BCUT2D eigenvalue weighted by molar-refractivity contribution is 0.469. The monoisotopic (exact) mass is 318 g/mol. The molecule has 0 aliphatic rings. The fourth-order valence-electron chi connectivity index (χ4n) is 3.31. The Morgan fingerprint density at radius 3 is 2.43 bits per heavy atom. The van der Waals surface area contributed by atoms with Crippen molar-refractivity contribution in [3.05, 3.63) is 65.7 Å². The first-order chi connectivity index (χ1) is 11.2. The average Bonchev–Trinajstić information content (AvgIpc) is 2.92. The van der Waals surface area contributed by atoms with E-state index in [-0.39, 0.29) is 5.75 Å². The molecule has 2 nitrogen and oxygen atoms in total. The van der Waals surface area contributed by atoms with E-state index in [0.29, 0.717) is 5.58 Å². The Bertz CT molecular complexity index is 1230. The molecule has 0 aliphatic heterocycles. The fourth-order valence-corrected chi connectivity index (χ4v) is 3.49. The summed E-state index contributed by atoms with van der Waals surface area (Å²) in [5.74, 6) is 0.166. The van der Waals surface area contributed by atoms with E-state index in [2.05, 4.69) is 18.2 Å². The smallest absolute Gasteiger partial charge is 0.177 e. The zero-order valence-electron chi connectivity index (χ0n) is 12.0. The highest BCUT2D eigenvalue weighted by molar-refractivity contribution is 6.31. The van der Waals surface area contributed by atoms with Gasteiger partial charge in [-0.2, -0.15) is 0 Å². The molecule has 0 bridgehead atoms. The van der Waals surface area contributed by atoms with Crippen LogP contribution in [0, 0.1) is 0 Å². The van der Waals surface area contributed by atoms with Crippen LogP contribution in [0.15, 0.2) is 65.1 Å². The second-order valence-electron chi connectivity index (χ2n) is 5.76. The van der Waals surface area contributed by atoms with Gasteiger partial charge in [0.25, 0.3) is 0 Å². The van der Waals surface area contributed by atoms with Gasteiger partial charge in [0.05, 0.1) is 0 Å². The number of phenolic OH excluding ortho intramolecular Hbond substituents is 1. The van der Waals surface area contributed by atoms with Gasteiger partial charge in [0.2, 0.25) is 0 Å². The highest BCUT2D eigenvalue weighted by Gasteiger charge is 2.12. The van der Waals surface area contributed by atoms with Crippen molar-refractivity contribution in [1.29, 1.82) is 0 Å². The summed E-state index contributed by atoms with van der Waals surface area (Å²) in [6.07, 6.45) is 0. The van der Waals surface area contributed by atoms with E-state index in [1.807, 2.05) is 36.4 Å². The molecule has 5 aromatic rings. The first kappa shape index (κ1) is 12.8. The lowest BCUT2D eigenvalue weighted by Crippen LogP contribution is -1.78. The summed E-state index contributed by atoms with van der Waals surface area (Å²) in [7, 11) is 0. The molecule has 0 atom stereocenters. The molecule has 5 rings (SSSR count). The molecule has 1 heterocycles. The van der Waals surface area contributed by atoms with Crippen LogP contribution in [0.25, 0.3) is 43.5 Å². The Kier molecular flexibility index (Phi) is 2.45. The van der Waals surface area contributed by atoms with E-state index in [9.17, 15) is 5.11 Å². The first-order valence-corrected chi connectivity index (χ1v) is 7.75. The minimum absolute atomic E-state index is 0.166. The molecule has 0 unspecified atom stereocenters. The number of halogens is 1. The number of aromatic hydroxyl groups is 1. The van der Waals surface area contributed by atoms with Crippen molar-refractivity contribution in [3.8, 4) is 5.75 Å². The molecule has 0 fully saturated rings. The minimum Gasteiger partial charge on any atom is -0.504 e. The number of rotatable bonds is 0. The predicted octanol–water partition coefficient (Wildman–Crippen LogP) is 6.25. The summed E-state index contributed by atoms with van der Waals surface area (Å²) in [4.78, 5) is 0. The Hall–Kier alpha value is -2.71. The van der Waals surface area contributed by atoms with Crippen molar-refractivity contribution >= 4 is 55.1 Å². The van der Waals surface area contributed by atoms with Crippen LogP contribution in [-0.2, 0) is 0 Å². The van der Waals surface area contributed by atoms with Gasteiger partial charge in [-0.15, -0.1) is 0 Å². The van der Waals surface area contributed by atoms with Crippen LogP contribution >= 0.6 is 11.6 Å². The molecule has 23 heavy (non-hydrogen) atoms. The lowest BCUT2D eigenvalue weighted by Gasteiger charge is -2.04. The van der Waals surface area contributed by atoms with Crippen LogP contribution in [0.4, 0.5) is 0 Å². The van der Waals surface area contributed by atoms with Gasteiger partial charge in [0.15, 0.2) is 11.3 Å². The topological polar surface area (TPSA) is 33.4 Å². The van der Waals surface area contributed by atoms with Crippen LogP contribution in [-0.4, -0.2) is 5.11 Å². The average molecular weight is 319 g/mol. The van der Waals surface area contributed by atoms with Crippen molar-refractivity contribution in [1.82, 2.24) is 0 Å². The summed E-state index contributed by atoms with van der Waals surface area (Å²) in [5, 5.41) is 17.2. The highest BCUT2D eigenvalue weighted by Crippen LogP contribution is 2.37. The third-order valence-corrected chi connectivity index (χ3v) is 4.63. The molecule has 110 valence electrons. The van der Waals surface area contributed by atoms with Gasteiger partial charge < -0.3 is 9.52 Å². The van der Waals surface area contributed by atoms with E-state index in [1.54, 1.807) is 6.07 Å². The predicted molar refractivity (Wildman–Crippen MR) is 95.4 cm³/mol. The summed E-state index contributed by atoms with van der Waals surface area (Å²) >= 11 is 6.09. The Labute approximate surface area is 136 Å². The fraction of sp³-hybridized carbons (Fsp3) is 0. The van der Waals surface area contributed by atoms with Crippen LogP contribution in [0.3, 0.4) is 0 Å². The van der Waals surface area contributed by atoms with Crippen LogP contribution in [0.1, 0.15) is 0 Å². The van der Waals surface area contributed by atoms with Crippen LogP contribution in [0.2, 0.25) is 5.02 Å². The number of benzene rings is 4. The molecule has 0 aliphatic carbocycles. The molecule has 1 N–H and O–H groups in total. The number of furan rings is 1. The maximum atomic E-state index is 10.0. The molecule has 0 radical (unpaired) electrons. The Morgan fingerprint density at radius 1 is 0.739 bits per heavy atom. The summed E-state index contributed by atoms with van der Waals surface area (Å²) in [6.45, 7) is 0. The second kappa shape index (κ2) is 4.40. The zero-order valence-corrected chi connectivity index (χ0v) is 12.8. The first-order valence-electron chi connectivity index (χ1n) is 7.37. The molecular formula is C20H11ClO2. The van der Waals surface area contributed by atoms with Crippen molar-refractivity contribution < 1.29 is 9.52 Å². The van der Waals surface area contributed by atoms with E-state index >= 15 is 0 Å². The SMILES string of the molecule is Oc1cccc2c1oc1cc3c(ccc4cc(Cl)ccc43)cc12. The molecule has 0 saturated carbocycles. The van der Waals surface area contributed by atoms with Crippen molar-refractivity contribution in [2.75, 3.05) is 0 Å². The molecular weight excluding hydrogens is 308 g/mol. The summed E-state index contributed by atoms with van der Waals surface area (Å²) in [5.41, 5.74) is 1.31. The van der Waals surface area contributed by atoms with Gasteiger partial charge >= 0.3 is 0 Å². The van der Waals surface area contributed by atoms with Gasteiger partial charge in [0, 0.05) is 15.8 Å². The van der Waals surface area contributed by atoms with Gasteiger partial charge in [-0.05, 0) is 51.9 Å². The molecule has 0 spiro atoms. The minimum atomic E-state index is 0.166. The lowest BCUT2D eigenvalue weighted by atomic mass is 10.00. The maximum Gasteiger partial charge on any atom is 0.177 e. The molecule has 0 amide bonds. The Morgan fingerprint density at radius 2 is 1.57 bits per heavy atom. The van der Waals surface area contributed by atoms with Gasteiger partial charge in [0.1, 0.15) is 5.58 Å². The van der Waals surface area contributed by atoms with Crippen molar-refractivity contribution in [2.45, 2.75) is 0 Å². The molecule has 3 heteroatoms. The van der Waals surface area contributed by atoms with Crippen molar-refractivity contribution in [2.24, 2.45) is 0 Å². The third-order valence-electron chi connectivity index (χ3n) is 4.39. The quantitative estimate of drug-likeness (QED) is 0.342. The second-order valence-corrected chi connectivity index (χ2v) is 6.19. The molecule has 0 saturated heterocycles. The highest BCUT2D eigenvalue weighted by atomic mass is 35.5. The number of phenols is 1. The van der Waals surface area contributed by atoms with E-state index in [1.165, 1.54) is 0 Å². The summed E-state index contributed by atoms with van der Waals surface area (Å²) in [6, 6.07) is 19.7.